The number of hydrogen-bond donors (Lipinski definition) is 2. The molecule has 7 nitrogen and oxygen atoms in total. The number of hydrogen-bond acceptors (Lipinski definition) is 7. The zero-order valence-electron chi connectivity index (χ0n) is 10.6. The quantitative estimate of drug-likeness (QED) is 0.484. The highest BCUT2D eigenvalue weighted by Gasteiger charge is 2.11. The van der Waals surface area contributed by atoms with Crippen LogP contribution >= 0.6 is 11.8 Å². The number of carbonyl (C=O) groups is 1. The molecule has 3 N–H and O–H groups in total. The fraction of sp³-hybridized carbons (Fsp3) is 0.167. The number of aromatic nitrogens is 3. The van der Waals surface area contributed by atoms with Crippen molar-refractivity contribution in [1.82, 2.24) is 15.2 Å². The normalized spacial score (nSPS) is 10.2. The Morgan fingerprint density at radius 2 is 2.15 bits per heavy atom. The van der Waals surface area contributed by atoms with E-state index in [0.29, 0.717) is 11.3 Å². The molecule has 0 amide bonds. The molecule has 8 heteroatoms. The summed E-state index contributed by atoms with van der Waals surface area (Å²) in [6.45, 7) is 0. The first-order valence-corrected chi connectivity index (χ1v) is 6.62. The summed E-state index contributed by atoms with van der Waals surface area (Å²) in [6.07, 6.45) is 0. The van der Waals surface area contributed by atoms with E-state index in [9.17, 15) is 9.59 Å². The topological polar surface area (TPSA) is 111 Å². The van der Waals surface area contributed by atoms with Crippen molar-refractivity contribution in [3.63, 3.8) is 0 Å². The van der Waals surface area contributed by atoms with Crippen LogP contribution in [0.3, 0.4) is 0 Å². The van der Waals surface area contributed by atoms with Crippen molar-refractivity contribution in [2.24, 2.45) is 0 Å². The van der Waals surface area contributed by atoms with Gasteiger partial charge in [-0.2, -0.15) is 0 Å². The Labute approximate surface area is 118 Å². The average molecular weight is 292 g/mol. The molecule has 0 atom stereocenters. The highest BCUT2D eigenvalue weighted by Crippen LogP contribution is 2.20. The van der Waals surface area contributed by atoms with Crippen LogP contribution in [0.15, 0.2) is 34.2 Å². The van der Waals surface area contributed by atoms with Crippen LogP contribution < -0.4 is 11.3 Å². The molecule has 0 saturated heterocycles. The van der Waals surface area contributed by atoms with E-state index in [2.05, 4.69) is 19.9 Å². The third-order valence-electron chi connectivity index (χ3n) is 2.45. The Morgan fingerprint density at radius 1 is 1.40 bits per heavy atom. The van der Waals surface area contributed by atoms with E-state index in [0.717, 1.165) is 11.8 Å². The predicted octanol–water partition coefficient (Wildman–Crippen LogP) is 0.679. The minimum Gasteiger partial charge on any atom is -0.468 e. The highest BCUT2D eigenvalue weighted by molar-refractivity contribution is 7.99. The van der Waals surface area contributed by atoms with Crippen LogP contribution in [0.1, 0.15) is 0 Å². The summed E-state index contributed by atoms with van der Waals surface area (Å²) in [6, 6.07) is 6.89. The largest absolute Gasteiger partial charge is 0.468 e. The molecule has 0 aliphatic rings. The van der Waals surface area contributed by atoms with Gasteiger partial charge in [0.05, 0.1) is 12.9 Å². The van der Waals surface area contributed by atoms with Crippen LogP contribution in [0.5, 0.6) is 0 Å². The number of aromatic amines is 1. The van der Waals surface area contributed by atoms with E-state index >= 15 is 0 Å². The van der Waals surface area contributed by atoms with Gasteiger partial charge in [0.1, 0.15) is 0 Å². The van der Waals surface area contributed by atoms with Crippen molar-refractivity contribution in [2.45, 2.75) is 5.16 Å². The number of nitrogen functional groups attached to an aromatic ring is 1. The molecular formula is C12H12N4O3S. The Morgan fingerprint density at radius 3 is 2.80 bits per heavy atom. The van der Waals surface area contributed by atoms with E-state index in [1.807, 2.05) is 0 Å². The number of nitrogens with one attached hydrogen (secondary N) is 1. The molecule has 2 aromatic rings. The summed E-state index contributed by atoms with van der Waals surface area (Å²) in [5.41, 5.74) is 6.49. The highest BCUT2D eigenvalue weighted by atomic mass is 32.2. The standard InChI is InChI=1S/C12H12N4O3S/c1-19-9(17)6-20-12-14-11(18)10(15-16-12)7-4-2-3-5-8(7)13/h2-5H,6,13H2,1H3,(H,14,16,18). The van der Waals surface area contributed by atoms with Gasteiger partial charge in [0, 0.05) is 11.3 Å². The van der Waals surface area contributed by atoms with E-state index in [1.54, 1.807) is 24.3 Å². The number of para-hydroxylation sites is 1. The predicted molar refractivity (Wildman–Crippen MR) is 75.2 cm³/mol. The number of carbonyl (C=O) groups excluding carboxylic acids is 1. The summed E-state index contributed by atoms with van der Waals surface area (Å²) in [5.74, 6) is -0.359. The van der Waals surface area contributed by atoms with Gasteiger partial charge in [0.25, 0.3) is 5.56 Å². The summed E-state index contributed by atoms with van der Waals surface area (Å²) in [7, 11) is 1.29. The second-order valence-electron chi connectivity index (χ2n) is 3.76. The Kier molecular flexibility index (Phi) is 4.36. The number of anilines is 1. The van der Waals surface area contributed by atoms with Gasteiger partial charge >= 0.3 is 5.97 Å². The zero-order valence-corrected chi connectivity index (χ0v) is 11.4. The number of rotatable bonds is 4. The molecule has 1 aromatic heterocycles. The van der Waals surface area contributed by atoms with Crippen molar-refractivity contribution >= 4 is 23.4 Å². The molecule has 0 aliphatic carbocycles. The van der Waals surface area contributed by atoms with E-state index in [4.69, 9.17) is 5.73 Å². The summed E-state index contributed by atoms with van der Waals surface area (Å²) < 4.78 is 4.49. The molecule has 0 saturated carbocycles. The Hall–Kier alpha value is -2.35. The Balaban J connectivity index is 2.25. The van der Waals surface area contributed by atoms with Gasteiger partial charge in [-0.25, -0.2) is 0 Å². The monoisotopic (exact) mass is 292 g/mol. The van der Waals surface area contributed by atoms with Crippen molar-refractivity contribution in [3.05, 3.63) is 34.6 Å². The van der Waals surface area contributed by atoms with Crippen molar-refractivity contribution < 1.29 is 9.53 Å². The van der Waals surface area contributed by atoms with Crippen LogP contribution in [0, 0.1) is 0 Å². The first-order valence-electron chi connectivity index (χ1n) is 5.63. The van der Waals surface area contributed by atoms with Gasteiger partial charge in [0.2, 0.25) is 0 Å². The van der Waals surface area contributed by atoms with Crippen molar-refractivity contribution in [3.8, 4) is 11.3 Å². The molecular weight excluding hydrogens is 280 g/mol. The molecule has 0 fully saturated rings. The average Bonchev–Trinajstić information content (AvgIpc) is 2.46. The SMILES string of the molecule is COC(=O)CSc1nnc(-c2ccccc2N)c(=O)[nH]1. The molecule has 104 valence electrons. The molecule has 0 unspecified atom stereocenters. The number of nitrogens with zero attached hydrogens (tertiary/aromatic N) is 2. The molecule has 20 heavy (non-hydrogen) atoms. The minimum absolute atomic E-state index is 0.0495. The van der Waals surface area contributed by atoms with Crippen LogP contribution in [0.25, 0.3) is 11.3 Å². The lowest BCUT2D eigenvalue weighted by atomic mass is 10.1. The number of methoxy groups -OCH3 is 1. The van der Waals surface area contributed by atoms with Gasteiger partial charge in [-0.1, -0.05) is 30.0 Å². The third kappa shape index (κ3) is 3.15. The second-order valence-corrected chi connectivity index (χ2v) is 4.72. The van der Waals surface area contributed by atoms with Gasteiger partial charge < -0.3 is 10.5 Å². The Bertz CT molecular complexity index is 686. The zero-order chi connectivity index (χ0) is 14.5. The first-order chi connectivity index (χ1) is 9.61. The van der Waals surface area contributed by atoms with Gasteiger partial charge in [0.15, 0.2) is 10.9 Å². The van der Waals surface area contributed by atoms with E-state index in [-0.39, 0.29) is 16.6 Å². The number of esters is 1. The van der Waals surface area contributed by atoms with Gasteiger partial charge in [-0.3, -0.25) is 14.6 Å². The van der Waals surface area contributed by atoms with Gasteiger partial charge in [-0.15, -0.1) is 10.2 Å². The summed E-state index contributed by atoms with van der Waals surface area (Å²) in [4.78, 5) is 25.5. The lowest BCUT2D eigenvalue weighted by molar-refractivity contribution is -0.137. The van der Waals surface area contributed by atoms with Crippen LogP contribution in [-0.4, -0.2) is 34.0 Å². The smallest absolute Gasteiger partial charge is 0.316 e. The van der Waals surface area contributed by atoms with Crippen LogP contribution in [0.2, 0.25) is 0 Å². The maximum Gasteiger partial charge on any atom is 0.316 e. The number of thioether (sulfide) groups is 1. The number of ether oxygens (including phenoxy) is 1. The van der Waals surface area contributed by atoms with Crippen LogP contribution in [-0.2, 0) is 9.53 Å². The molecule has 0 radical (unpaired) electrons. The third-order valence-corrected chi connectivity index (χ3v) is 3.28. The van der Waals surface area contributed by atoms with Crippen molar-refractivity contribution in [2.75, 3.05) is 18.6 Å². The van der Waals surface area contributed by atoms with Gasteiger partial charge in [-0.05, 0) is 6.07 Å². The van der Waals surface area contributed by atoms with E-state index in [1.165, 1.54) is 7.11 Å². The summed E-state index contributed by atoms with van der Waals surface area (Å²) in [5, 5.41) is 7.97. The molecule has 2 rings (SSSR count). The minimum atomic E-state index is -0.412. The number of benzene rings is 1. The first kappa shape index (κ1) is 14.1. The lowest BCUT2D eigenvalue weighted by Crippen LogP contribution is -2.15. The number of H-pyrrole nitrogens is 1. The second kappa shape index (κ2) is 6.20. The maximum absolute atomic E-state index is 12.0. The number of nitrogens with two attached hydrogens (primary N) is 1. The molecule has 1 heterocycles. The molecule has 0 aliphatic heterocycles. The fourth-order valence-electron chi connectivity index (χ4n) is 1.46. The summed E-state index contributed by atoms with van der Waals surface area (Å²) >= 11 is 1.04. The fourth-order valence-corrected chi connectivity index (χ4v) is 2.10. The maximum atomic E-state index is 12.0. The van der Waals surface area contributed by atoms with Crippen molar-refractivity contribution in [1.29, 1.82) is 0 Å². The van der Waals surface area contributed by atoms with Crippen LogP contribution in [0.4, 0.5) is 5.69 Å². The lowest BCUT2D eigenvalue weighted by Gasteiger charge is -2.04. The van der Waals surface area contributed by atoms with E-state index < -0.39 is 11.5 Å². The molecule has 0 bridgehead atoms. The molecule has 1 aromatic carbocycles. The molecule has 0 spiro atoms.